The summed E-state index contributed by atoms with van der Waals surface area (Å²) >= 11 is 0. The fourth-order valence-electron chi connectivity index (χ4n) is 9.52. The Morgan fingerprint density at radius 1 is 0.339 bits per heavy atom. The third-order valence-electron chi connectivity index (χ3n) is 12.2. The van der Waals surface area contributed by atoms with Crippen LogP contribution in [-0.4, -0.2) is 0 Å². The molecule has 0 saturated heterocycles. The summed E-state index contributed by atoms with van der Waals surface area (Å²) in [5.74, 6) is 0. The zero-order valence-corrected chi connectivity index (χ0v) is 31.5. The maximum Gasteiger partial charge on any atom is 0.0540 e. The zero-order valence-electron chi connectivity index (χ0n) is 31.5. The number of rotatable bonds is 5. The van der Waals surface area contributed by atoms with Crippen molar-refractivity contribution in [1.82, 2.24) is 0 Å². The van der Waals surface area contributed by atoms with Crippen molar-refractivity contribution in [1.29, 1.82) is 0 Å². The van der Waals surface area contributed by atoms with Gasteiger partial charge in [0.05, 0.1) is 5.69 Å². The molecule has 11 rings (SSSR count). The molecule has 10 aromatic rings. The topological polar surface area (TPSA) is 3.24 Å². The number of anilines is 3. The summed E-state index contributed by atoms with van der Waals surface area (Å²) in [5.41, 5.74) is 13.7. The number of hydrogen-bond acceptors (Lipinski definition) is 1. The van der Waals surface area contributed by atoms with Gasteiger partial charge in [0.15, 0.2) is 0 Å². The van der Waals surface area contributed by atoms with E-state index >= 15 is 0 Å². The van der Waals surface area contributed by atoms with Crippen LogP contribution in [0.2, 0.25) is 0 Å². The minimum absolute atomic E-state index is 0.207. The van der Waals surface area contributed by atoms with Gasteiger partial charge in [0.2, 0.25) is 0 Å². The average molecular weight is 714 g/mol. The zero-order chi connectivity index (χ0) is 37.4. The molecule has 0 unspecified atom stereocenters. The van der Waals surface area contributed by atoms with Crippen LogP contribution >= 0.6 is 0 Å². The second kappa shape index (κ2) is 12.5. The molecular weight excluding hydrogens is 675 g/mol. The quantitative estimate of drug-likeness (QED) is 0.161. The fraction of sp³-hybridized carbons (Fsp3) is 0.0545. The van der Waals surface area contributed by atoms with E-state index in [0.29, 0.717) is 0 Å². The largest absolute Gasteiger partial charge is 0.310 e. The van der Waals surface area contributed by atoms with Crippen molar-refractivity contribution in [3.8, 4) is 33.4 Å². The number of para-hydroxylation sites is 1. The van der Waals surface area contributed by atoms with Gasteiger partial charge in [-0.25, -0.2) is 0 Å². The maximum atomic E-state index is 2.47. The van der Waals surface area contributed by atoms with Crippen LogP contribution in [0.5, 0.6) is 0 Å². The van der Waals surface area contributed by atoms with Crippen LogP contribution in [0.4, 0.5) is 17.1 Å². The number of hydrogen-bond donors (Lipinski definition) is 0. The smallest absolute Gasteiger partial charge is 0.0540 e. The Morgan fingerprint density at radius 3 is 1.57 bits per heavy atom. The molecule has 0 atom stereocenters. The molecule has 1 nitrogen and oxygen atoms in total. The average Bonchev–Trinajstić information content (AvgIpc) is 3.48. The van der Waals surface area contributed by atoms with Gasteiger partial charge in [-0.1, -0.05) is 166 Å². The Labute approximate surface area is 327 Å². The first-order chi connectivity index (χ1) is 27.5. The molecule has 0 aliphatic heterocycles. The minimum atomic E-state index is -0.207. The van der Waals surface area contributed by atoms with E-state index in [-0.39, 0.29) is 5.41 Å². The monoisotopic (exact) mass is 713 g/mol. The highest BCUT2D eigenvalue weighted by Crippen LogP contribution is 2.52. The Bertz CT molecular complexity index is 3150. The highest BCUT2D eigenvalue weighted by atomic mass is 15.1. The molecule has 264 valence electrons. The van der Waals surface area contributed by atoms with E-state index in [2.05, 4.69) is 219 Å². The lowest BCUT2D eigenvalue weighted by atomic mass is 9.81. The predicted molar refractivity (Wildman–Crippen MR) is 240 cm³/mol. The van der Waals surface area contributed by atoms with Crippen LogP contribution in [0, 0.1) is 0 Å². The van der Waals surface area contributed by atoms with Crippen molar-refractivity contribution >= 4 is 60.2 Å². The first kappa shape index (κ1) is 32.5. The van der Waals surface area contributed by atoms with Gasteiger partial charge in [-0.3, -0.25) is 0 Å². The van der Waals surface area contributed by atoms with E-state index in [9.17, 15) is 0 Å². The Balaban J connectivity index is 1.08. The molecule has 1 aliphatic carbocycles. The van der Waals surface area contributed by atoms with E-state index in [1.165, 1.54) is 93.3 Å². The standard InChI is InChI=1S/C55H39N/c1-55(2)51-34-38(50-33-39-32-49(37-16-5-3-6-17-37)43-23-11-13-25-47(43)54(39)48-26-14-12-24-44(48)50)28-30-45(51)46-31-29-41(35-52(46)55)56(40-20-7-4-8-21-40)53-27-15-19-36-18-9-10-22-42(36)53/h3-35H,1-2H3. The van der Waals surface area contributed by atoms with Crippen molar-refractivity contribution in [2.24, 2.45) is 0 Å². The van der Waals surface area contributed by atoms with Crippen molar-refractivity contribution in [2.75, 3.05) is 4.90 Å². The van der Waals surface area contributed by atoms with Gasteiger partial charge in [0, 0.05) is 22.2 Å². The summed E-state index contributed by atoms with van der Waals surface area (Å²) in [6, 6.07) is 73.9. The second-order valence-corrected chi connectivity index (χ2v) is 15.7. The first-order valence-electron chi connectivity index (χ1n) is 19.6. The third kappa shape index (κ3) is 4.94. The van der Waals surface area contributed by atoms with E-state index in [1.54, 1.807) is 0 Å². The number of nitrogens with zero attached hydrogens (tertiary/aromatic N) is 1. The summed E-state index contributed by atoms with van der Waals surface area (Å²) in [7, 11) is 0. The third-order valence-corrected chi connectivity index (χ3v) is 12.2. The molecule has 0 fully saturated rings. The lowest BCUT2D eigenvalue weighted by Gasteiger charge is -2.29. The van der Waals surface area contributed by atoms with Gasteiger partial charge in [-0.05, 0) is 131 Å². The van der Waals surface area contributed by atoms with Gasteiger partial charge >= 0.3 is 0 Å². The number of fused-ring (bicyclic) bond motifs is 9. The number of benzene rings is 10. The Hall–Kier alpha value is -6.96. The van der Waals surface area contributed by atoms with Gasteiger partial charge in [0.25, 0.3) is 0 Å². The molecule has 10 aromatic carbocycles. The van der Waals surface area contributed by atoms with Crippen LogP contribution in [0.15, 0.2) is 200 Å². The van der Waals surface area contributed by atoms with Crippen LogP contribution in [-0.2, 0) is 5.41 Å². The van der Waals surface area contributed by atoms with E-state index in [4.69, 9.17) is 0 Å². The first-order valence-corrected chi connectivity index (χ1v) is 19.6. The van der Waals surface area contributed by atoms with Gasteiger partial charge in [0.1, 0.15) is 0 Å². The SMILES string of the molecule is CC1(C)c2cc(-c3cc4cc(-c5ccccc5)c5ccccc5c4c4ccccc34)ccc2-c2ccc(N(c3ccccc3)c3cccc4ccccc34)cc21. The summed E-state index contributed by atoms with van der Waals surface area (Å²) in [6.07, 6.45) is 0. The van der Waals surface area contributed by atoms with Crippen molar-refractivity contribution in [2.45, 2.75) is 19.3 Å². The summed E-state index contributed by atoms with van der Waals surface area (Å²) in [5, 5.41) is 10.2. The molecule has 0 bridgehead atoms. The normalized spacial score (nSPS) is 13.0. The highest BCUT2D eigenvalue weighted by Gasteiger charge is 2.36. The fourth-order valence-corrected chi connectivity index (χ4v) is 9.52. The molecule has 0 saturated carbocycles. The maximum absolute atomic E-state index is 2.47. The summed E-state index contributed by atoms with van der Waals surface area (Å²) < 4.78 is 0. The van der Waals surface area contributed by atoms with E-state index < -0.39 is 0 Å². The van der Waals surface area contributed by atoms with Gasteiger partial charge < -0.3 is 4.90 Å². The van der Waals surface area contributed by atoms with Crippen molar-refractivity contribution < 1.29 is 0 Å². The van der Waals surface area contributed by atoms with Crippen LogP contribution in [0.3, 0.4) is 0 Å². The lowest BCUT2D eigenvalue weighted by Crippen LogP contribution is -2.16. The van der Waals surface area contributed by atoms with Crippen molar-refractivity contribution in [3.05, 3.63) is 211 Å². The molecule has 0 radical (unpaired) electrons. The molecule has 1 heteroatoms. The summed E-state index contributed by atoms with van der Waals surface area (Å²) in [6.45, 7) is 4.79. The van der Waals surface area contributed by atoms with E-state index in [0.717, 1.165) is 11.4 Å². The predicted octanol–water partition coefficient (Wildman–Crippen LogP) is 15.4. The van der Waals surface area contributed by atoms with Crippen LogP contribution in [0.1, 0.15) is 25.0 Å². The highest BCUT2D eigenvalue weighted by molar-refractivity contribution is 6.25. The van der Waals surface area contributed by atoms with E-state index in [1.807, 2.05) is 0 Å². The molecule has 56 heavy (non-hydrogen) atoms. The molecule has 0 aromatic heterocycles. The molecule has 0 N–H and O–H groups in total. The molecule has 0 heterocycles. The van der Waals surface area contributed by atoms with Gasteiger partial charge in [-0.2, -0.15) is 0 Å². The molecule has 0 amide bonds. The van der Waals surface area contributed by atoms with Gasteiger partial charge in [-0.15, -0.1) is 0 Å². The minimum Gasteiger partial charge on any atom is -0.310 e. The lowest BCUT2D eigenvalue weighted by molar-refractivity contribution is 0.660. The molecule has 1 aliphatic rings. The Kier molecular flexibility index (Phi) is 7.28. The molecular formula is C55H39N. The summed E-state index contributed by atoms with van der Waals surface area (Å²) in [4.78, 5) is 2.42. The van der Waals surface area contributed by atoms with Crippen LogP contribution in [0.25, 0.3) is 76.5 Å². The Morgan fingerprint density at radius 2 is 0.875 bits per heavy atom. The second-order valence-electron chi connectivity index (χ2n) is 15.7. The molecule has 0 spiro atoms. The van der Waals surface area contributed by atoms with Crippen LogP contribution < -0.4 is 4.90 Å². The van der Waals surface area contributed by atoms with Crippen molar-refractivity contribution in [3.63, 3.8) is 0 Å².